The van der Waals surface area contributed by atoms with Gasteiger partial charge in [0.2, 0.25) is 0 Å². The highest BCUT2D eigenvalue weighted by Crippen LogP contribution is 2.32. The molecule has 18 heavy (non-hydrogen) atoms. The van der Waals surface area contributed by atoms with Crippen molar-refractivity contribution >= 4 is 5.97 Å². The van der Waals surface area contributed by atoms with Gasteiger partial charge in [0.1, 0.15) is 5.54 Å². The Balaban J connectivity index is 2.56. The summed E-state index contributed by atoms with van der Waals surface area (Å²) in [6.45, 7) is 4.99. The zero-order valence-corrected chi connectivity index (χ0v) is 11.9. The van der Waals surface area contributed by atoms with Crippen LogP contribution in [0.25, 0.3) is 0 Å². The van der Waals surface area contributed by atoms with Crippen LogP contribution in [0.4, 0.5) is 0 Å². The molecule has 0 aromatic heterocycles. The molecule has 0 amide bonds. The van der Waals surface area contributed by atoms with Crippen molar-refractivity contribution in [3.63, 3.8) is 0 Å². The van der Waals surface area contributed by atoms with Gasteiger partial charge in [-0.25, -0.2) is 0 Å². The van der Waals surface area contributed by atoms with Gasteiger partial charge in [-0.1, -0.05) is 0 Å². The molecule has 0 radical (unpaired) electrons. The van der Waals surface area contributed by atoms with Crippen LogP contribution in [0.2, 0.25) is 0 Å². The summed E-state index contributed by atoms with van der Waals surface area (Å²) in [6, 6.07) is 0.647. The Morgan fingerprint density at radius 1 is 1.61 bits per heavy atom. The second-order valence-electron chi connectivity index (χ2n) is 5.24. The van der Waals surface area contributed by atoms with E-state index in [1.54, 1.807) is 14.0 Å². The van der Waals surface area contributed by atoms with Crippen molar-refractivity contribution in [3.8, 4) is 0 Å². The monoisotopic (exact) mass is 258 g/mol. The first-order valence-electron chi connectivity index (χ1n) is 6.61. The summed E-state index contributed by atoms with van der Waals surface area (Å²) in [5.41, 5.74) is 5.35. The third-order valence-electron chi connectivity index (χ3n) is 3.88. The lowest BCUT2D eigenvalue weighted by Crippen LogP contribution is -2.49. The van der Waals surface area contributed by atoms with Gasteiger partial charge in [-0.3, -0.25) is 9.69 Å². The average molecular weight is 258 g/mol. The van der Waals surface area contributed by atoms with E-state index in [9.17, 15) is 4.79 Å². The Hall–Kier alpha value is -0.650. The van der Waals surface area contributed by atoms with Gasteiger partial charge in [-0.05, 0) is 40.2 Å². The van der Waals surface area contributed by atoms with Crippen LogP contribution < -0.4 is 5.73 Å². The van der Waals surface area contributed by atoms with E-state index in [0.29, 0.717) is 38.1 Å². The zero-order chi connectivity index (χ0) is 13.8. The van der Waals surface area contributed by atoms with Crippen molar-refractivity contribution in [1.82, 2.24) is 4.90 Å². The van der Waals surface area contributed by atoms with Crippen LogP contribution in [-0.2, 0) is 14.3 Å². The first-order chi connectivity index (χ1) is 8.44. The SMILES string of the molecule is CCOC(=O)C1(N)CCC(N(C)C(C)COC)C1. The summed E-state index contributed by atoms with van der Waals surface area (Å²) in [4.78, 5) is 14.1. The molecule has 1 rings (SSSR count). The minimum absolute atomic E-state index is 0.264. The molecule has 1 saturated carbocycles. The van der Waals surface area contributed by atoms with Gasteiger partial charge in [0.25, 0.3) is 0 Å². The number of rotatable bonds is 6. The Morgan fingerprint density at radius 2 is 2.28 bits per heavy atom. The molecule has 3 unspecified atom stereocenters. The van der Waals surface area contributed by atoms with E-state index in [2.05, 4.69) is 18.9 Å². The van der Waals surface area contributed by atoms with E-state index in [4.69, 9.17) is 15.2 Å². The molecule has 0 aromatic carbocycles. The number of esters is 1. The van der Waals surface area contributed by atoms with Crippen molar-refractivity contribution < 1.29 is 14.3 Å². The third-order valence-corrected chi connectivity index (χ3v) is 3.88. The second kappa shape index (κ2) is 6.50. The number of methoxy groups -OCH3 is 1. The molecule has 0 aromatic rings. The molecule has 5 heteroatoms. The molecule has 1 aliphatic carbocycles. The van der Waals surface area contributed by atoms with Crippen LogP contribution in [0, 0.1) is 0 Å². The van der Waals surface area contributed by atoms with Crippen LogP contribution >= 0.6 is 0 Å². The van der Waals surface area contributed by atoms with Crippen molar-refractivity contribution in [2.75, 3.05) is 27.4 Å². The van der Waals surface area contributed by atoms with Crippen molar-refractivity contribution in [1.29, 1.82) is 0 Å². The largest absolute Gasteiger partial charge is 0.465 e. The van der Waals surface area contributed by atoms with Gasteiger partial charge in [-0.2, -0.15) is 0 Å². The number of hydrogen-bond acceptors (Lipinski definition) is 5. The zero-order valence-electron chi connectivity index (χ0n) is 11.9. The normalized spacial score (nSPS) is 29.6. The predicted octanol–water partition coefficient (Wildman–Crippen LogP) is 0.766. The highest BCUT2D eigenvalue weighted by Gasteiger charge is 2.44. The van der Waals surface area contributed by atoms with Crippen molar-refractivity contribution in [3.05, 3.63) is 0 Å². The number of likely N-dealkylation sites (N-methyl/N-ethyl adjacent to an activating group) is 1. The highest BCUT2D eigenvalue weighted by molar-refractivity contribution is 5.81. The summed E-state index contributed by atoms with van der Waals surface area (Å²) >= 11 is 0. The van der Waals surface area contributed by atoms with Crippen molar-refractivity contribution in [2.45, 2.75) is 50.7 Å². The summed E-state index contributed by atoms with van der Waals surface area (Å²) in [7, 11) is 3.76. The summed E-state index contributed by atoms with van der Waals surface area (Å²) in [5.74, 6) is -0.264. The smallest absolute Gasteiger partial charge is 0.326 e. The Bertz CT molecular complexity index is 285. The van der Waals surface area contributed by atoms with Crippen LogP contribution in [0.3, 0.4) is 0 Å². The number of ether oxygens (including phenoxy) is 2. The van der Waals surface area contributed by atoms with Crippen LogP contribution in [0.1, 0.15) is 33.1 Å². The molecule has 0 aliphatic heterocycles. The maximum atomic E-state index is 11.8. The number of nitrogens with two attached hydrogens (primary N) is 1. The van der Waals surface area contributed by atoms with E-state index >= 15 is 0 Å². The maximum absolute atomic E-state index is 11.8. The fourth-order valence-corrected chi connectivity index (χ4v) is 2.58. The molecule has 2 N–H and O–H groups in total. The Kier molecular flexibility index (Phi) is 5.56. The minimum Gasteiger partial charge on any atom is -0.465 e. The highest BCUT2D eigenvalue weighted by atomic mass is 16.5. The summed E-state index contributed by atoms with van der Waals surface area (Å²) in [6.07, 6.45) is 2.29. The first kappa shape index (κ1) is 15.4. The van der Waals surface area contributed by atoms with Crippen molar-refractivity contribution in [2.24, 2.45) is 5.73 Å². The van der Waals surface area contributed by atoms with E-state index < -0.39 is 5.54 Å². The van der Waals surface area contributed by atoms with Gasteiger partial charge in [0.15, 0.2) is 0 Å². The Morgan fingerprint density at radius 3 is 2.83 bits per heavy atom. The molecular weight excluding hydrogens is 232 g/mol. The van der Waals surface area contributed by atoms with E-state index in [-0.39, 0.29) is 5.97 Å². The third kappa shape index (κ3) is 3.43. The molecule has 1 aliphatic rings. The molecular formula is C13H26N2O3. The number of carbonyl (C=O) groups is 1. The maximum Gasteiger partial charge on any atom is 0.326 e. The first-order valence-corrected chi connectivity index (χ1v) is 6.61. The summed E-state index contributed by atoms with van der Waals surface area (Å²) < 4.78 is 10.2. The fraction of sp³-hybridized carbons (Fsp3) is 0.923. The second-order valence-corrected chi connectivity index (χ2v) is 5.24. The molecule has 106 valence electrons. The predicted molar refractivity (Wildman–Crippen MR) is 70.3 cm³/mol. The van der Waals surface area contributed by atoms with Gasteiger partial charge >= 0.3 is 5.97 Å². The van der Waals surface area contributed by atoms with E-state index in [1.165, 1.54) is 0 Å². The molecule has 0 bridgehead atoms. The molecule has 5 nitrogen and oxygen atoms in total. The van der Waals surface area contributed by atoms with E-state index in [1.807, 2.05) is 0 Å². The number of hydrogen-bond donors (Lipinski definition) is 1. The quantitative estimate of drug-likeness (QED) is 0.713. The van der Waals surface area contributed by atoms with Gasteiger partial charge in [0, 0.05) is 19.2 Å². The molecule has 0 saturated heterocycles. The topological polar surface area (TPSA) is 64.8 Å². The standard InChI is InChI=1S/C13H26N2O3/c1-5-18-12(16)13(14)7-6-11(8-13)15(3)10(2)9-17-4/h10-11H,5-9,14H2,1-4H3. The van der Waals surface area contributed by atoms with Crippen LogP contribution in [0.15, 0.2) is 0 Å². The van der Waals surface area contributed by atoms with Gasteiger partial charge < -0.3 is 15.2 Å². The fourth-order valence-electron chi connectivity index (χ4n) is 2.58. The van der Waals surface area contributed by atoms with Gasteiger partial charge in [0.05, 0.1) is 13.2 Å². The number of carbonyl (C=O) groups excluding carboxylic acids is 1. The molecule has 0 spiro atoms. The van der Waals surface area contributed by atoms with Gasteiger partial charge in [-0.15, -0.1) is 0 Å². The van der Waals surface area contributed by atoms with E-state index in [0.717, 1.165) is 6.42 Å². The Labute approximate surface area is 110 Å². The van der Waals surface area contributed by atoms with Crippen LogP contribution in [-0.4, -0.2) is 55.9 Å². The lowest BCUT2D eigenvalue weighted by Gasteiger charge is -2.31. The molecule has 1 fully saturated rings. The summed E-state index contributed by atoms with van der Waals surface area (Å²) in [5, 5.41) is 0. The van der Waals surface area contributed by atoms with Crippen LogP contribution in [0.5, 0.6) is 0 Å². The average Bonchev–Trinajstić information content (AvgIpc) is 2.73. The lowest BCUT2D eigenvalue weighted by molar-refractivity contribution is -0.149. The molecule has 0 heterocycles. The number of nitrogens with zero attached hydrogens (tertiary/aromatic N) is 1. The molecule has 3 atom stereocenters. The minimum atomic E-state index is -0.804. The lowest BCUT2D eigenvalue weighted by atomic mass is 9.99.